The van der Waals surface area contributed by atoms with Crippen LogP contribution < -0.4 is 0 Å². The van der Waals surface area contributed by atoms with Crippen molar-refractivity contribution in [1.82, 2.24) is 9.55 Å². The number of fused-ring (bicyclic) bond motifs is 1. The predicted octanol–water partition coefficient (Wildman–Crippen LogP) is 5.38. The van der Waals surface area contributed by atoms with Gasteiger partial charge in [-0.25, -0.2) is 4.98 Å². The molecule has 0 aliphatic carbocycles. The molecule has 0 aliphatic rings. The monoisotopic (exact) mass is 324 g/mol. The molecule has 1 heterocycles. The smallest absolute Gasteiger partial charge is 0.129 e. The highest BCUT2D eigenvalue weighted by molar-refractivity contribution is 6.35. The summed E-state index contributed by atoms with van der Waals surface area (Å²) in [5, 5.41) is 1.29. The number of hydrogen-bond acceptors (Lipinski definition) is 1. The number of benzene rings is 2. The first kappa shape index (κ1) is 13.7. The van der Waals surface area contributed by atoms with E-state index < -0.39 is 0 Å². The van der Waals surface area contributed by atoms with E-state index in [1.165, 1.54) is 0 Å². The number of aryl methyl sites for hydroxylation is 1. The number of imidazole rings is 1. The van der Waals surface area contributed by atoms with E-state index >= 15 is 0 Å². The summed E-state index contributed by atoms with van der Waals surface area (Å²) in [7, 11) is 0. The second kappa shape index (κ2) is 5.28. The number of nitrogens with zero attached hydrogens (tertiary/aromatic N) is 2. The third kappa shape index (κ3) is 2.18. The molecule has 1 aromatic heterocycles. The van der Waals surface area contributed by atoms with Crippen molar-refractivity contribution in [2.45, 2.75) is 12.8 Å². The summed E-state index contributed by atoms with van der Waals surface area (Å²) in [5.74, 6) is 1.05. The second-order valence-electron chi connectivity index (χ2n) is 4.54. The van der Waals surface area contributed by atoms with Crippen molar-refractivity contribution in [3.05, 3.63) is 57.8 Å². The molecular weight excluding hydrogens is 315 g/mol. The highest BCUT2D eigenvalue weighted by Crippen LogP contribution is 2.30. The molecule has 0 N–H and O–H groups in total. The van der Waals surface area contributed by atoms with Crippen LogP contribution in [0.1, 0.15) is 11.4 Å². The first-order valence-electron chi connectivity index (χ1n) is 6.10. The van der Waals surface area contributed by atoms with Crippen molar-refractivity contribution in [3.63, 3.8) is 0 Å². The maximum absolute atomic E-state index is 6.21. The Morgan fingerprint density at radius 1 is 1.15 bits per heavy atom. The molecule has 2 nitrogen and oxygen atoms in total. The Bertz CT molecular complexity index is 793. The van der Waals surface area contributed by atoms with Gasteiger partial charge in [-0.1, -0.05) is 35.3 Å². The van der Waals surface area contributed by atoms with Gasteiger partial charge in [-0.2, -0.15) is 0 Å². The summed E-state index contributed by atoms with van der Waals surface area (Å²) < 4.78 is 2.01. The Morgan fingerprint density at radius 3 is 2.70 bits per heavy atom. The van der Waals surface area contributed by atoms with E-state index in [2.05, 4.69) is 4.98 Å². The van der Waals surface area contributed by atoms with Crippen LogP contribution in [0.3, 0.4) is 0 Å². The Kier molecular flexibility index (Phi) is 3.63. The van der Waals surface area contributed by atoms with Gasteiger partial charge in [0.05, 0.1) is 22.1 Å². The summed E-state index contributed by atoms with van der Waals surface area (Å²) in [6.07, 6.45) is 0. The van der Waals surface area contributed by atoms with Gasteiger partial charge < -0.3 is 0 Å². The summed E-state index contributed by atoms with van der Waals surface area (Å²) in [5.41, 5.74) is 3.75. The van der Waals surface area contributed by atoms with Gasteiger partial charge in [0.25, 0.3) is 0 Å². The Balaban J connectivity index is 2.40. The summed E-state index contributed by atoms with van der Waals surface area (Å²) >= 11 is 18.4. The lowest BCUT2D eigenvalue weighted by molar-refractivity contribution is 0.972. The number of rotatable bonds is 2. The number of aromatic nitrogens is 2. The van der Waals surface area contributed by atoms with Crippen molar-refractivity contribution in [3.8, 4) is 5.69 Å². The number of para-hydroxylation sites is 1. The van der Waals surface area contributed by atoms with Crippen LogP contribution in [0.5, 0.6) is 0 Å². The quantitative estimate of drug-likeness (QED) is 0.578. The largest absolute Gasteiger partial charge is 0.295 e. The molecule has 0 radical (unpaired) electrons. The molecule has 0 spiro atoms. The van der Waals surface area contributed by atoms with Crippen molar-refractivity contribution < 1.29 is 0 Å². The molecule has 0 saturated heterocycles. The molecular formula is C15H11Cl3N2. The van der Waals surface area contributed by atoms with Crippen LogP contribution in [0.2, 0.25) is 10.0 Å². The molecule has 0 fully saturated rings. The fraction of sp³-hybridized carbons (Fsp3) is 0.133. The van der Waals surface area contributed by atoms with Crippen molar-refractivity contribution >= 4 is 45.8 Å². The van der Waals surface area contributed by atoms with E-state index in [-0.39, 0.29) is 0 Å². The van der Waals surface area contributed by atoms with E-state index in [9.17, 15) is 0 Å². The van der Waals surface area contributed by atoms with E-state index in [1.807, 2.05) is 47.9 Å². The molecule has 20 heavy (non-hydrogen) atoms. The van der Waals surface area contributed by atoms with E-state index in [0.29, 0.717) is 15.9 Å². The number of halogens is 3. The molecule has 0 aliphatic heterocycles. The topological polar surface area (TPSA) is 17.8 Å². The summed E-state index contributed by atoms with van der Waals surface area (Å²) in [6.45, 7) is 2.03. The van der Waals surface area contributed by atoms with E-state index in [1.54, 1.807) is 0 Å². The molecule has 0 atom stereocenters. The van der Waals surface area contributed by atoms with Gasteiger partial charge in [0.1, 0.15) is 11.3 Å². The van der Waals surface area contributed by atoms with Gasteiger partial charge in [-0.3, -0.25) is 4.57 Å². The predicted molar refractivity (Wildman–Crippen MR) is 85.4 cm³/mol. The molecule has 0 unspecified atom stereocenters. The first-order chi connectivity index (χ1) is 9.61. The lowest BCUT2D eigenvalue weighted by Gasteiger charge is -2.11. The van der Waals surface area contributed by atoms with Crippen LogP contribution in [0.25, 0.3) is 16.7 Å². The Morgan fingerprint density at radius 2 is 1.95 bits per heavy atom. The Labute approximate surface area is 131 Å². The zero-order valence-corrected chi connectivity index (χ0v) is 13.0. The lowest BCUT2D eigenvalue weighted by Crippen LogP contribution is -2.01. The van der Waals surface area contributed by atoms with Gasteiger partial charge in [0, 0.05) is 5.02 Å². The molecule has 102 valence electrons. The fourth-order valence-corrected chi connectivity index (χ4v) is 2.85. The van der Waals surface area contributed by atoms with Gasteiger partial charge >= 0.3 is 0 Å². The normalized spacial score (nSPS) is 11.2. The van der Waals surface area contributed by atoms with Crippen LogP contribution in [0.15, 0.2) is 36.4 Å². The van der Waals surface area contributed by atoms with E-state index in [4.69, 9.17) is 34.8 Å². The van der Waals surface area contributed by atoms with Gasteiger partial charge in [0.15, 0.2) is 0 Å². The summed E-state index contributed by atoms with van der Waals surface area (Å²) in [4.78, 5) is 4.53. The SMILES string of the molecule is Cc1ccc(Cl)cc1-n1c(CCl)nc2c(Cl)cccc21. The Hall–Kier alpha value is -1.22. The highest BCUT2D eigenvalue weighted by Gasteiger charge is 2.15. The lowest BCUT2D eigenvalue weighted by atomic mass is 10.2. The third-order valence-electron chi connectivity index (χ3n) is 3.24. The fourth-order valence-electron chi connectivity index (χ4n) is 2.30. The molecule has 0 saturated carbocycles. The zero-order chi connectivity index (χ0) is 14.3. The third-order valence-corrected chi connectivity index (χ3v) is 4.02. The second-order valence-corrected chi connectivity index (χ2v) is 5.65. The minimum atomic E-state index is 0.303. The molecule has 2 aromatic carbocycles. The number of hydrogen-bond donors (Lipinski definition) is 0. The first-order valence-corrected chi connectivity index (χ1v) is 7.39. The van der Waals surface area contributed by atoms with Gasteiger partial charge in [0.2, 0.25) is 0 Å². The average molecular weight is 326 g/mol. The van der Waals surface area contributed by atoms with Crippen LogP contribution in [-0.4, -0.2) is 9.55 Å². The molecule has 0 amide bonds. The average Bonchev–Trinajstić information content (AvgIpc) is 2.81. The van der Waals surface area contributed by atoms with Crippen LogP contribution >= 0.6 is 34.8 Å². The van der Waals surface area contributed by atoms with Crippen molar-refractivity contribution in [2.75, 3.05) is 0 Å². The van der Waals surface area contributed by atoms with Crippen LogP contribution in [-0.2, 0) is 5.88 Å². The summed E-state index contributed by atoms with van der Waals surface area (Å²) in [6, 6.07) is 11.5. The minimum Gasteiger partial charge on any atom is -0.295 e. The van der Waals surface area contributed by atoms with Crippen LogP contribution in [0, 0.1) is 6.92 Å². The maximum atomic E-state index is 6.21. The van der Waals surface area contributed by atoms with Crippen LogP contribution in [0.4, 0.5) is 0 Å². The van der Waals surface area contributed by atoms with Crippen molar-refractivity contribution in [1.29, 1.82) is 0 Å². The minimum absolute atomic E-state index is 0.303. The van der Waals surface area contributed by atoms with Crippen molar-refractivity contribution in [2.24, 2.45) is 0 Å². The van der Waals surface area contributed by atoms with E-state index in [0.717, 1.165) is 28.1 Å². The standard InChI is InChI=1S/C15H11Cl3N2/c1-9-5-6-10(17)7-13(9)20-12-4-2-3-11(18)15(12)19-14(20)8-16/h2-7H,8H2,1H3. The van der Waals surface area contributed by atoms with Gasteiger partial charge in [-0.05, 0) is 36.8 Å². The molecule has 0 bridgehead atoms. The molecule has 3 rings (SSSR count). The van der Waals surface area contributed by atoms with Gasteiger partial charge in [-0.15, -0.1) is 11.6 Å². The molecule has 5 heteroatoms. The maximum Gasteiger partial charge on any atom is 0.129 e. The zero-order valence-electron chi connectivity index (χ0n) is 10.7. The highest BCUT2D eigenvalue weighted by atomic mass is 35.5. The molecule has 3 aromatic rings. The number of alkyl halides is 1.